The van der Waals surface area contributed by atoms with Crippen LogP contribution >= 0.6 is 0 Å². The van der Waals surface area contributed by atoms with Crippen molar-refractivity contribution in [3.63, 3.8) is 0 Å². The minimum atomic E-state index is -0.0719. The fourth-order valence-electron chi connectivity index (χ4n) is 2.97. The van der Waals surface area contributed by atoms with E-state index < -0.39 is 0 Å². The van der Waals surface area contributed by atoms with Crippen LogP contribution in [0.1, 0.15) is 12.8 Å². The van der Waals surface area contributed by atoms with Gasteiger partial charge in [-0.25, -0.2) is 0 Å². The fraction of sp³-hybridized carbons (Fsp3) is 0.312. The first-order valence-electron chi connectivity index (χ1n) is 7.92. The average molecular weight is 323 g/mol. The molecule has 1 aliphatic heterocycles. The summed E-state index contributed by atoms with van der Waals surface area (Å²) in [5.41, 5.74) is 1.44. The smallest absolute Gasteiger partial charge is 0.229 e. The van der Waals surface area contributed by atoms with E-state index in [1.807, 2.05) is 18.2 Å². The van der Waals surface area contributed by atoms with Crippen molar-refractivity contribution in [1.29, 1.82) is 0 Å². The van der Waals surface area contributed by atoms with Crippen LogP contribution in [0.25, 0.3) is 5.65 Å². The Labute approximate surface area is 138 Å². The van der Waals surface area contributed by atoms with Gasteiger partial charge in [-0.15, -0.1) is 15.3 Å². The molecule has 3 aromatic heterocycles. The van der Waals surface area contributed by atoms with Crippen LogP contribution in [0.4, 0.5) is 11.5 Å². The summed E-state index contributed by atoms with van der Waals surface area (Å²) in [7, 11) is 0. The normalized spacial score (nSPS) is 17.8. The third-order valence-electron chi connectivity index (χ3n) is 4.19. The van der Waals surface area contributed by atoms with Crippen molar-refractivity contribution >= 4 is 23.1 Å². The quantitative estimate of drug-likeness (QED) is 0.783. The number of hydrogen-bond acceptors (Lipinski definition) is 6. The van der Waals surface area contributed by atoms with Crippen molar-refractivity contribution in [2.45, 2.75) is 12.8 Å². The summed E-state index contributed by atoms with van der Waals surface area (Å²) >= 11 is 0. The maximum absolute atomic E-state index is 12.5. The van der Waals surface area contributed by atoms with Crippen LogP contribution in [0.2, 0.25) is 0 Å². The summed E-state index contributed by atoms with van der Waals surface area (Å²) in [4.78, 5) is 18.7. The summed E-state index contributed by atoms with van der Waals surface area (Å²) in [5.74, 6) is 0.789. The summed E-state index contributed by atoms with van der Waals surface area (Å²) in [5, 5.41) is 15.2. The number of nitrogens with zero attached hydrogens (tertiary/aromatic N) is 6. The largest absolute Gasteiger partial charge is 0.354 e. The van der Waals surface area contributed by atoms with E-state index in [1.165, 1.54) is 0 Å². The van der Waals surface area contributed by atoms with Gasteiger partial charge < -0.3 is 10.2 Å². The molecule has 0 unspecified atom stereocenters. The lowest BCUT2D eigenvalue weighted by Crippen LogP contribution is -2.41. The van der Waals surface area contributed by atoms with Gasteiger partial charge in [0.1, 0.15) is 12.1 Å². The number of pyridine rings is 1. The number of nitrogens with one attached hydrogen (secondary N) is 1. The van der Waals surface area contributed by atoms with Crippen LogP contribution in [0.5, 0.6) is 0 Å². The van der Waals surface area contributed by atoms with E-state index >= 15 is 0 Å². The standard InChI is InChI=1S/C16H17N7O/c24-16(19-13-4-1-7-17-9-13)12-3-2-8-22(10-12)15-6-5-14-20-18-11-23(14)21-15/h1,4-7,9,11-12H,2-3,8,10H2,(H,19,24)/t12-/m0/s1. The molecule has 8 heteroatoms. The van der Waals surface area contributed by atoms with E-state index in [1.54, 1.807) is 29.3 Å². The monoisotopic (exact) mass is 323 g/mol. The van der Waals surface area contributed by atoms with Crippen molar-refractivity contribution in [1.82, 2.24) is 24.8 Å². The van der Waals surface area contributed by atoms with Gasteiger partial charge in [0.15, 0.2) is 5.65 Å². The van der Waals surface area contributed by atoms with Crippen LogP contribution in [-0.2, 0) is 4.79 Å². The zero-order chi connectivity index (χ0) is 16.4. The van der Waals surface area contributed by atoms with Crippen LogP contribution in [0.3, 0.4) is 0 Å². The van der Waals surface area contributed by atoms with Crippen molar-refractivity contribution in [3.05, 3.63) is 43.0 Å². The lowest BCUT2D eigenvalue weighted by Gasteiger charge is -2.32. The summed E-state index contributed by atoms with van der Waals surface area (Å²) in [6.45, 7) is 1.53. The fourth-order valence-corrected chi connectivity index (χ4v) is 2.97. The van der Waals surface area contributed by atoms with E-state index in [2.05, 4.69) is 30.5 Å². The molecule has 0 spiro atoms. The number of rotatable bonds is 3. The van der Waals surface area contributed by atoms with Crippen molar-refractivity contribution in [2.75, 3.05) is 23.3 Å². The number of hydrogen-bond donors (Lipinski definition) is 1. The Morgan fingerprint density at radius 2 is 2.25 bits per heavy atom. The summed E-state index contributed by atoms with van der Waals surface area (Å²) in [6, 6.07) is 7.45. The first-order valence-corrected chi connectivity index (χ1v) is 7.92. The number of carbonyl (C=O) groups excluding carboxylic acids is 1. The minimum Gasteiger partial charge on any atom is -0.354 e. The topological polar surface area (TPSA) is 88.3 Å². The van der Waals surface area contributed by atoms with Gasteiger partial charge in [0, 0.05) is 19.3 Å². The molecule has 8 nitrogen and oxygen atoms in total. The molecule has 0 bridgehead atoms. The second kappa shape index (κ2) is 6.23. The molecule has 24 heavy (non-hydrogen) atoms. The molecule has 1 amide bonds. The lowest BCUT2D eigenvalue weighted by molar-refractivity contribution is -0.120. The van der Waals surface area contributed by atoms with Crippen molar-refractivity contribution < 1.29 is 4.79 Å². The predicted molar refractivity (Wildman–Crippen MR) is 88.6 cm³/mol. The number of amides is 1. The van der Waals surface area contributed by atoms with Gasteiger partial charge in [-0.05, 0) is 37.1 Å². The van der Waals surface area contributed by atoms with E-state index in [0.717, 1.165) is 30.9 Å². The Kier molecular flexibility index (Phi) is 3.78. The Balaban J connectivity index is 1.47. The Hall–Kier alpha value is -3.03. The molecule has 1 aliphatic rings. The minimum absolute atomic E-state index is 0.0260. The summed E-state index contributed by atoms with van der Waals surface area (Å²) < 4.78 is 1.65. The SMILES string of the molecule is O=C(Nc1cccnc1)[C@H]1CCCN(c2ccc3nncn3n2)C1. The van der Waals surface area contributed by atoms with Gasteiger partial charge in [0.2, 0.25) is 5.91 Å². The molecule has 4 heterocycles. The van der Waals surface area contributed by atoms with Crippen LogP contribution < -0.4 is 10.2 Å². The molecule has 1 N–H and O–H groups in total. The van der Waals surface area contributed by atoms with Gasteiger partial charge in [0.05, 0.1) is 17.8 Å². The maximum atomic E-state index is 12.5. The highest BCUT2D eigenvalue weighted by Crippen LogP contribution is 2.22. The number of aromatic nitrogens is 5. The van der Waals surface area contributed by atoms with Crippen LogP contribution in [0.15, 0.2) is 43.0 Å². The summed E-state index contributed by atoms with van der Waals surface area (Å²) in [6.07, 6.45) is 6.74. The highest BCUT2D eigenvalue weighted by Gasteiger charge is 2.26. The third kappa shape index (κ3) is 2.90. The van der Waals surface area contributed by atoms with Gasteiger partial charge in [-0.3, -0.25) is 9.78 Å². The van der Waals surface area contributed by atoms with Crippen molar-refractivity contribution in [2.24, 2.45) is 5.92 Å². The average Bonchev–Trinajstić information content (AvgIpc) is 3.10. The van der Waals surface area contributed by atoms with E-state index in [0.29, 0.717) is 12.2 Å². The maximum Gasteiger partial charge on any atom is 0.229 e. The first kappa shape index (κ1) is 14.6. The molecule has 0 radical (unpaired) electrons. The molecule has 0 aromatic carbocycles. The predicted octanol–water partition coefficient (Wildman–Crippen LogP) is 1.37. The van der Waals surface area contributed by atoms with Gasteiger partial charge in [-0.2, -0.15) is 4.52 Å². The molecule has 0 aliphatic carbocycles. The van der Waals surface area contributed by atoms with Gasteiger partial charge >= 0.3 is 0 Å². The highest BCUT2D eigenvalue weighted by molar-refractivity contribution is 5.92. The highest BCUT2D eigenvalue weighted by atomic mass is 16.1. The zero-order valence-electron chi connectivity index (χ0n) is 13.0. The van der Waals surface area contributed by atoms with Crippen LogP contribution in [-0.4, -0.2) is 43.8 Å². The van der Waals surface area contributed by atoms with Crippen LogP contribution in [0, 0.1) is 5.92 Å². The number of anilines is 2. The van der Waals surface area contributed by atoms with Gasteiger partial charge in [-0.1, -0.05) is 0 Å². The second-order valence-corrected chi connectivity index (χ2v) is 5.84. The lowest BCUT2D eigenvalue weighted by atomic mass is 9.97. The Morgan fingerprint density at radius 1 is 1.29 bits per heavy atom. The van der Waals surface area contributed by atoms with E-state index in [9.17, 15) is 4.79 Å². The number of carbonyl (C=O) groups is 1. The second-order valence-electron chi connectivity index (χ2n) is 5.84. The molecule has 1 saturated heterocycles. The molecular formula is C16H17N7O. The molecule has 122 valence electrons. The van der Waals surface area contributed by atoms with E-state index in [-0.39, 0.29) is 11.8 Å². The first-order chi connectivity index (χ1) is 11.8. The molecule has 1 atom stereocenters. The van der Waals surface area contributed by atoms with Gasteiger partial charge in [0.25, 0.3) is 0 Å². The zero-order valence-corrected chi connectivity index (χ0v) is 13.0. The number of fused-ring (bicyclic) bond motifs is 1. The van der Waals surface area contributed by atoms with Crippen molar-refractivity contribution in [3.8, 4) is 0 Å². The molecule has 0 saturated carbocycles. The van der Waals surface area contributed by atoms with E-state index in [4.69, 9.17) is 0 Å². The Morgan fingerprint density at radius 3 is 3.12 bits per heavy atom. The molecule has 3 aromatic rings. The molecular weight excluding hydrogens is 306 g/mol. The molecule has 1 fully saturated rings. The third-order valence-corrected chi connectivity index (χ3v) is 4.19. The molecule has 4 rings (SSSR count). The number of piperidine rings is 1. The Bertz CT molecular complexity index is 848.